The number of alkyl carbamates (subject to hydrolysis) is 1. The maximum Gasteiger partial charge on any atom is 0.407 e. The molecule has 1 aliphatic heterocycles. The summed E-state index contributed by atoms with van der Waals surface area (Å²) in [7, 11) is 0. The van der Waals surface area contributed by atoms with Crippen molar-refractivity contribution in [1.82, 2.24) is 10.6 Å². The van der Waals surface area contributed by atoms with Crippen molar-refractivity contribution < 1.29 is 9.53 Å². The first-order valence-corrected chi connectivity index (χ1v) is 10.1. The summed E-state index contributed by atoms with van der Waals surface area (Å²) in [6.45, 7) is 9.89. The van der Waals surface area contributed by atoms with Gasteiger partial charge in [-0.15, -0.1) is 0 Å². The Balaban J connectivity index is 1.77. The van der Waals surface area contributed by atoms with Crippen molar-refractivity contribution >= 4 is 17.9 Å². The van der Waals surface area contributed by atoms with Crippen molar-refractivity contribution in [3.8, 4) is 0 Å². The fourth-order valence-electron chi connectivity index (χ4n) is 3.57. The minimum Gasteiger partial charge on any atom is -0.444 e. The van der Waals surface area contributed by atoms with E-state index in [1.165, 1.54) is 44.3 Å². The summed E-state index contributed by atoms with van der Waals surface area (Å²) < 4.78 is 5.75. The normalized spacial score (nSPS) is 31.8. The second-order valence-electron chi connectivity index (χ2n) is 8.32. The molecular weight excluding hydrogens is 308 g/mol. The number of carbonyl (C=O) groups is 1. The molecule has 1 saturated heterocycles. The summed E-state index contributed by atoms with van der Waals surface area (Å²) in [4.78, 5) is 11.9. The zero-order valence-corrected chi connectivity index (χ0v) is 16.1. The van der Waals surface area contributed by atoms with E-state index in [0.717, 1.165) is 13.1 Å². The van der Waals surface area contributed by atoms with Gasteiger partial charge in [0.05, 0.1) is 0 Å². The van der Waals surface area contributed by atoms with Crippen molar-refractivity contribution in [3.63, 3.8) is 0 Å². The standard InChI is InChI=1S/C18H34N2O2S/c1-17(2,3)22-16(21)19-12-14-8-5-6-9-15(14)20-13-18(4)10-7-11-23-18/h14-15,20H,5-13H2,1-4H3,(H,19,21). The average Bonchev–Trinajstić information content (AvgIpc) is 2.89. The van der Waals surface area contributed by atoms with Crippen LogP contribution in [0.3, 0.4) is 0 Å². The fourth-order valence-corrected chi connectivity index (χ4v) is 4.83. The number of carbonyl (C=O) groups excluding carboxylic acids is 1. The van der Waals surface area contributed by atoms with Gasteiger partial charge in [0.2, 0.25) is 0 Å². The van der Waals surface area contributed by atoms with Gasteiger partial charge in [0.1, 0.15) is 5.60 Å². The smallest absolute Gasteiger partial charge is 0.407 e. The van der Waals surface area contributed by atoms with Gasteiger partial charge in [0.25, 0.3) is 0 Å². The van der Waals surface area contributed by atoms with Crippen molar-refractivity contribution in [2.75, 3.05) is 18.8 Å². The number of rotatable bonds is 5. The lowest BCUT2D eigenvalue weighted by molar-refractivity contribution is 0.0510. The number of hydrogen-bond donors (Lipinski definition) is 2. The van der Waals surface area contributed by atoms with Crippen molar-refractivity contribution in [2.45, 2.75) is 82.6 Å². The summed E-state index contributed by atoms with van der Waals surface area (Å²) in [5.74, 6) is 1.82. The van der Waals surface area contributed by atoms with Gasteiger partial charge >= 0.3 is 6.09 Å². The lowest BCUT2D eigenvalue weighted by Gasteiger charge is -2.35. The number of hydrogen-bond acceptors (Lipinski definition) is 4. The minimum absolute atomic E-state index is 0.292. The summed E-state index contributed by atoms with van der Waals surface area (Å²) in [6, 6.07) is 0.525. The number of nitrogens with one attached hydrogen (secondary N) is 2. The lowest BCUT2D eigenvalue weighted by atomic mass is 9.84. The van der Waals surface area contributed by atoms with E-state index in [9.17, 15) is 4.79 Å². The highest BCUT2D eigenvalue weighted by Crippen LogP contribution is 2.37. The summed E-state index contributed by atoms with van der Waals surface area (Å²) in [5, 5.41) is 6.78. The fraction of sp³-hybridized carbons (Fsp3) is 0.944. The molecule has 0 radical (unpaired) electrons. The molecule has 5 heteroatoms. The van der Waals surface area contributed by atoms with E-state index in [-0.39, 0.29) is 6.09 Å². The maximum atomic E-state index is 11.9. The molecule has 0 aromatic carbocycles. The monoisotopic (exact) mass is 342 g/mol. The molecule has 0 aromatic rings. The Bertz CT molecular complexity index is 389. The van der Waals surface area contributed by atoms with E-state index in [4.69, 9.17) is 4.74 Å². The Morgan fingerprint density at radius 3 is 2.65 bits per heavy atom. The molecule has 134 valence electrons. The van der Waals surface area contributed by atoms with Crippen LogP contribution in [0.1, 0.15) is 66.2 Å². The maximum absolute atomic E-state index is 11.9. The number of ether oxygens (including phenoxy) is 1. The van der Waals surface area contributed by atoms with Crippen molar-refractivity contribution in [2.24, 2.45) is 5.92 Å². The first-order chi connectivity index (χ1) is 10.8. The van der Waals surface area contributed by atoms with Crippen LogP contribution in [0.2, 0.25) is 0 Å². The number of thioether (sulfide) groups is 1. The molecule has 2 N–H and O–H groups in total. The Kier molecular flexibility index (Phi) is 6.66. The predicted molar refractivity (Wildman–Crippen MR) is 98.1 cm³/mol. The molecule has 0 bridgehead atoms. The van der Waals surface area contributed by atoms with Crippen LogP contribution >= 0.6 is 11.8 Å². The molecule has 4 nitrogen and oxygen atoms in total. The third kappa shape index (κ3) is 6.54. The van der Waals surface area contributed by atoms with Gasteiger partial charge in [-0.3, -0.25) is 0 Å². The van der Waals surface area contributed by atoms with Crippen LogP contribution in [0, 0.1) is 5.92 Å². The minimum atomic E-state index is -0.428. The molecule has 1 heterocycles. The van der Waals surface area contributed by atoms with E-state index >= 15 is 0 Å². The highest BCUT2D eigenvalue weighted by atomic mass is 32.2. The molecule has 1 saturated carbocycles. The van der Waals surface area contributed by atoms with E-state index in [1.807, 2.05) is 20.8 Å². The molecular formula is C18H34N2O2S. The van der Waals surface area contributed by atoms with E-state index in [2.05, 4.69) is 29.3 Å². The van der Waals surface area contributed by atoms with Gasteiger partial charge in [-0.25, -0.2) is 4.79 Å². The summed E-state index contributed by atoms with van der Waals surface area (Å²) >= 11 is 2.11. The van der Waals surface area contributed by atoms with Crippen LogP contribution in [0.5, 0.6) is 0 Å². The molecule has 23 heavy (non-hydrogen) atoms. The van der Waals surface area contributed by atoms with Crippen LogP contribution in [-0.4, -0.2) is 41.3 Å². The van der Waals surface area contributed by atoms with Crippen LogP contribution in [-0.2, 0) is 4.74 Å². The molecule has 2 aliphatic rings. The quantitative estimate of drug-likeness (QED) is 0.794. The van der Waals surface area contributed by atoms with Crippen LogP contribution in [0.25, 0.3) is 0 Å². The third-order valence-electron chi connectivity index (χ3n) is 4.86. The van der Waals surface area contributed by atoms with Gasteiger partial charge in [-0.1, -0.05) is 12.8 Å². The van der Waals surface area contributed by atoms with Gasteiger partial charge in [-0.05, 0) is 65.0 Å². The SMILES string of the molecule is CC(C)(C)OC(=O)NCC1CCCCC1NCC1(C)CCCS1. The molecule has 1 amide bonds. The highest BCUT2D eigenvalue weighted by Gasteiger charge is 2.32. The van der Waals surface area contributed by atoms with Gasteiger partial charge in [0, 0.05) is 23.9 Å². The zero-order valence-electron chi connectivity index (χ0n) is 15.2. The van der Waals surface area contributed by atoms with Gasteiger partial charge in [0.15, 0.2) is 0 Å². The van der Waals surface area contributed by atoms with Gasteiger partial charge in [-0.2, -0.15) is 11.8 Å². The third-order valence-corrected chi connectivity index (χ3v) is 6.39. The molecule has 2 rings (SSSR count). The molecule has 3 unspecified atom stereocenters. The number of amides is 1. The Hall–Kier alpha value is -0.420. The molecule has 1 aliphatic carbocycles. The Morgan fingerprint density at radius 1 is 1.26 bits per heavy atom. The first-order valence-electron chi connectivity index (χ1n) is 9.12. The van der Waals surface area contributed by atoms with Crippen LogP contribution in [0.4, 0.5) is 4.79 Å². The predicted octanol–water partition coefficient (Wildman–Crippen LogP) is 3.95. The average molecular weight is 343 g/mol. The molecule has 0 aromatic heterocycles. The highest BCUT2D eigenvalue weighted by molar-refractivity contribution is 8.00. The lowest BCUT2D eigenvalue weighted by Crippen LogP contribution is -2.48. The van der Waals surface area contributed by atoms with E-state index < -0.39 is 5.60 Å². The first kappa shape index (κ1) is 18.9. The van der Waals surface area contributed by atoms with Crippen LogP contribution in [0.15, 0.2) is 0 Å². The Morgan fingerprint density at radius 2 is 2.00 bits per heavy atom. The zero-order chi connectivity index (χ0) is 16.9. The topological polar surface area (TPSA) is 50.4 Å². The second-order valence-corrected chi connectivity index (χ2v) is 10.00. The van der Waals surface area contributed by atoms with Crippen LogP contribution < -0.4 is 10.6 Å². The summed E-state index contributed by atoms with van der Waals surface area (Å²) in [5.41, 5.74) is -0.428. The molecule has 3 atom stereocenters. The largest absolute Gasteiger partial charge is 0.444 e. The van der Waals surface area contributed by atoms with Crippen molar-refractivity contribution in [1.29, 1.82) is 0 Å². The van der Waals surface area contributed by atoms with E-state index in [0.29, 0.717) is 16.7 Å². The summed E-state index contributed by atoms with van der Waals surface area (Å²) in [6.07, 6.45) is 7.35. The van der Waals surface area contributed by atoms with Crippen molar-refractivity contribution in [3.05, 3.63) is 0 Å². The van der Waals surface area contributed by atoms with E-state index in [1.54, 1.807) is 0 Å². The second kappa shape index (κ2) is 8.11. The molecule has 0 spiro atoms. The molecule has 2 fully saturated rings. The Labute approximate surface area is 145 Å². The van der Waals surface area contributed by atoms with Gasteiger partial charge < -0.3 is 15.4 Å².